The van der Waals surface area contributed by atoms with Crippen LogP contribution in [-0.4, -0.2) is 21.9 Å². The number of carbonyl (C=O) groups is 1. The Balaban J connectivity index is 1.58. The minimum atomic E-state index is -0.178. The van der Waals surface area contributed by atoms with E-state index in [4.69, 9.17) is 0 Å². The molecule has 5 nitrogen and oxygen atoms in total. The highest BCUT2D eigenvalue weighted by Crippen LogP contribution is 2.33. The van der Waals surface area contributed by atoms with E-state index in [-0.39, 0.29) is 29.3 Å². The fourth-order valence-corrected chi connectivity index (χ4v) is 4.42. The number of carbonyl (C=O) groups excluding carboxylic acids is 1. The maximum atomic E-state index is 13.0. The van der Waals surface area contributed by atoms with Crippen molar-refractivity contribution in [2.75, 3.05) is 0 Å². The van der Waals surface area contributed by atoms with E-state index >= 15 is 0 Å². The molecule has 2 N–H and O–H groups in total. The molecule has 27 heavy (non-hydrogen) atoms. The summed E-state index contributed by atoms with van der Waals surface area (Å²) < 4.78 is 0. The normalized spacial score (nSPS) is 23.9. The highest BCUT2D eigenvalue weighted by atomic mass is 16.2. The van der Waals surface area contributed by atoms with Gasteiger partial charge in [-0.15, -0.1) is 0 Å². The molecule has 2 atom stereocenters. The fourth-order valence-electron chi connectivity index (χ4n) is 4.42. The number of nitrogens with zero attached hydrogens (tertiary/aromatic N) is 1. The molecule has 1 amide bonds. The van der Waals surface area contributed by atoms with Gasteiger partial charge in [-0.05, 0) is 37.8 Å². The molecular formula is C22H27N3O2. The van der Waals surface area contributed by atoms with Crippen LogP contribution in [0.2, 0.25) is 0 Å². The maximum absolute atomic E-state index is 13.0. The summed E-state index contributed by atoms with van der Waals surface area (Å²) in [4.78, 5) is 33.1. The molecule has 1 heterocycles. The van der Waals surface area contributed by atoms with Gasteiger partial charge in [-0.3, -0.25) is 9.59 Å². The summed E-state index contributed by atoms with van der Waals surface area (Å²) in [7, 11) is 0. The second kappa shape index (κ2) is 8.07. The van der Waals surface area contributed by atoms with Crippen molar-refractivity contribution in [1.29, 1.82) is 0 Å². The average Bonchev–Trinajstić information content (AvgIpc) is 2.96. The van der Waals surface area contributed by atoms with Crippen molar-refractivity contribution in [1.82, 2.24) is 15.3 Å². The first-order valence-corrected chi connectivity index (χ1v) is 10.2. The molecule has 1 saturated carbocycles. The van der Waals surface area contributed by atoms with E-state index in [0.717, 1.165) is 19.3 Å². The molecule has 2 aliphatic rings. The van der Waals surface area contributed by atoms with E-state index in [9.17, 15) is 9.59 Å². The third-order valence-electron chi connectivity index (χ3n) is 5.95. The largest absolute Gasteiger partial charge is 0.353 e. The molecule has 1 aromatic carbocycles. The lowest BCUT2D eigenvalue weighted by atomic mass is 9.81. The minimum Gasteiger partial charge on any atom is -0.353 e. The van der Waals surface area contributed by atoms with Gasteiger partial charge in [0, 0.05) is 12.0 Å². The molecule has 0 bridgehead atoms. The van der Waals surface area contributed by atoms with Gasteiger partial charge in [-0.25, -0.2) is 4.98 Å². The number of fused-ring (bicyclic) bond motifs is 1. The third kappa shape index (κ3) is 3.97. The maximum Gasteiger partial charge on any atom is 0.258 e. The molecule has 4 rings (SSSR count). The Bertz CT molecular complexity index is 894. The standard InChI is InChI=1S/C22H27N3O2/c26-21(23-15-9-3-1-2-4-10-15)17-12-6-5-11-16(17)20-24-19-14-8-7-13-18(19)22(27)25-20/h5-8,13-17H,1-4,9-12H2,(H,23,26)(H,24,25,27)/t16-,17-/m0/s1. The molecule has 1 fully saturated rings. The van der Waals surface area contributed by atoms with E-state index in [0.29, 0.717) is 23.1 Å². The topological polar surface area (TPSA) is 74.8 Å². The number of benzene rings is 1. The van der Waals surface area contributed by atoms with Crippen LogP contribution in [0.4, 0.5) is 0 Å². The molecular weight excluding hydrogens is 338 g/mol. The minimum absolute atomic E-state index is 0.0851. The van der Waals surface area contributed by atoms with Crippen molar-refractivity contribution < 1.29 is 4.79 Å². The predicted octanol–water partition coefficient (Wildman–Crippen LogP) is 3.81. The van der Waals surface area contributed by atoms with Crippen LogP contribution < -0.4 is 10.9 Å². The van der Waals surface area contributed by atoms with Crippen molar-refractivity contribution >= 4 is 16.8 Å². The summed E-state index contributed by atoms with van der Waals surface area (Å²) in [5.41, 5.74) is 0.557. The van der Waals surface area contributed by atoms with Crippen LogP contribution in [0.1, 0.15) is 63.1 Å². The quantitative estimate of drug-likeness (QED) is 0.641. The number of aromatic nitrogens is 2. The summed E-state index contributed by atoms with van der Waals surface area (Å²) in [5, 5.41) is 3.88. The number of aromatic amines is 1. The number of hydrogen-bond acceptors (Lipinski definition) is 3. The molecule has 2 aromatic rings. The second-order valence-electron chi connectivity index (χ2n) is 7.82. The zero-order chi connectivity index (χ0) is 18.6. The number of amides is 1. The van der Waals surface area contributed by atoms with Gasteiger partial charge in [0.05, 0.1) is 16.8 Å². The molecule has 0 radical (unpaired) electrons. The zero-order valence-electron chi connectivity index (χ0n) is 15.6. The zero-order valence-corrected chi connectivity index (χ0v) is 15.6. The lowest BCUT2D eigenvalue weighted by molar-refractivity contribution is -0.126. The third-order valence-corrected chi connectivity index (χ3v) is 5.95. The first-order chi connectivity index (χ1) is 13.2. The van der Waals surface area contributed by atoms with E-state index in [1.807, 2.05) is 18.2 Å². The molecule has 0 aliphatic heterocycles. The van der Waals surface area contributed by atoms with Gasteiger partial charge in [0.1, 0.15) is 5.82 Å². The van der Waals surface area contributed by atoms with Crippen molar-refractivity contribution in [3.63, 3.8) is 0 Å². The fraction of sp³-hybridized carbons (Fsp3) is 0.500. The predicted molar refractivity (Wildman–Crippen MR) is 107 cm³/mol. The summed E-state index contributed by atoms with van der Waals surface area (Å²) >= 11 is 0. The number of rotatable bonds is 3. The molecule has 1 aromatic heterocycles. The number of H-pyrrole nitrogens is 1. The summed E-state index contributed by atoms with van der Waals surface area (Å²) in [5.74, 6) is 0.469. The number of hydrogen-bond donors (Lipinski definition) is 2. The van der Waals surface area contributed by atoms with Crippen molar-refractivity contribution in [2.24, 2.45) is 5.92 Å². The van der Waals surface area contributed by atoms with Crippen LogP contribution in [-0.2, 0) is 4.79 Å². The first kappa shape index (κ1) is 18.0. The Hall–Kier alpha value is -2.43. The van der Waals surface area contributed by atoms with Crippen LogP contribution in [0, 0.1) is 5.92 Å². The van der Waals surface area contributed by atoms with Gasteiger partial charge in [0.15, 0.2) is 0 Å². The Morgan fingerprint density at radius 1 is 1.04 bits per heavy atom. The van der Waals surface area contributed by atoms with Gasteiger partial charge in [0.25, 0.3) is 5.56 Å². The lowest BCUT2D eigenvalue weighted by Gasteiger charge is -2.29. The van der Waals surface area contributed by atoms with Crippen LogP contribution in [0.3, 0.4) is 0 Å². The van der Waals surface area contributed by atoms with Gasteiger partial charge in [0.2, 0.25) is 5.91 Å². The Labute approximate surface area is 159 Å². The molecule has 0 unspecified atom stereocenters. The number of allylic oxidation sites excluding steroid dienone is 2. The number of nitrogens with one attached hydrogen (secondary N) is 2. The molecule has 5 heteroatoms. The summed E-state index contributed by atoms with van der Waals surface area (Å²) in [6.07, 6.45) is 12.7. The Kier molecular flexibility index (Phi) is 5.37. The van der Waals surface area contributed by atoms with Crippen LogP contribution in [0.5, 0.6) is 0 Å². The van der Waals surface area contributed by atoms with Crippen LogP contribution in [0.25, 0.3) is 10.9 Å². The lowest BCUT2D eigenvalue weighted by Crippen LogP contribution is -2.41. The summed E-state index contributed by atoms with van der Waals surface area (Å²) in [6, 6.07) is 7.64. The molecule has 0 saturated heterocycles. The summed E-state index contributed by atoms with van der Waals surface area (Å²) in [6.45, 7) is 0. The SMILES string of the molecule is O=C(NC1CCCCCC1)[C@H]1CC=CC[C@@H]1c1nc2ccccc2c(=O)[nH]1. The second-order valence-corrected chi connectivity index (χ2v) is 7.82. The highest BCUT2D eigenvalue weighted by Gasteiger charge is 2.33. The van der Waals surface area contributed by atoms with Crippen molar-refractivity contribution in [3.8, 4) is 0 Å². The Morgan fingerprint density at radius 3 is 2.59 bits per heavy atom. The molecule has 0 spiro atoms. The van der Waals surface area contributed by atoms with Crippen molar-refractivity contribution in [2.45, 2.75) is 63.3 Å². The smallest absolute Gasteiger partial charge is 0.258 e. The van der Waals surface area contributed by atoms with E-state index in [1.54, 1.807) is 6.07 Å². The number of para-hydroxylation sites is 1. The molecule has 142 valence electrons. The van der Waals surface area contributed by atoms with E-state index in [2.05, 4.69) is 27.4 Å². The van der Waals surface area contributed by atoms with Gasteiger partial charge in [-0.1, -0.05) is 50.0 Å². The Morgan fingerprint density at radius 2 is 1.78 bits per heavy atom. The highest BCUT2D eigenvalue weighted by molar-refractivity contribution is 5.81. The first-order valence-electron chi connectivity index (χ1n) is 10.2. The van der Waals surface area contributed by atoms with Gasteiger partial charge >= 0.3 is 0 Å². The van der Waals surface area contributed by atoms with E-state index in [1.165, 1.54) is 25.7 Å². The average molecular weight is 365 g/mol. The van der Waals surface area contributed by atoms with Gasteiger partial charge in [-0.2, -0.15) is 0 Å². The van der Waals surface area contributed by atoms with Crippen molar-refractivity contribution in [3.05, 3.63) is 52.6 Å². The van der Waals surface area contributed by atoms with E-state index < -0.39 is 0 Å². The van der Waals surface area contributed by atoms with Crippen LogP contribution >= 0.6 is 0 Å². The van der Waals surface area contributed by atoms with Crippen LogP contribution in [0.15, 0.2) is 41.2 Å². The monoisotopic (exact) mass is 365 g/mol. The van der Waals surface area contributed by atoms with Gasteiger partial charge < -0.3 is 10.3 Å². The molecule has 2 aliphatic carbocycles.